The summed E-state index contributed by atoms with van der Waals surface area (Å²) in [6.45, 7) is 5.25. The van der Waals surface area contributed by atoms with Crippen LogP contribution in [0, 0.1) is 6.92 Å². The number of rotatable bonds is 5. The van der Waals surface area contributed by atoms with E-state index in [1.807, 2.05) is 43.3 Å². The van der Waals surface area contributed by atoms with Gasteiger partial charge in [0.25, 0.3) is 0 Å². The molecule has 0 aliphatic carbocycles. The normalized spacial score (nSPS) is 14.2. The number of carbonyl (C=O) groups is 1. The lowest BCUT2D eigenvalue weighted by atomic mass is 10.1. The minimum Gasteiger partial charge on any atom is -0.497 e. The Morgan fingerprint density at radius 3 is 2.56 bits per heavy atom. The lowest BCUT2D eigenvalue weighted by Gasteiger charge is -2.29. The quantitative estimate of drug-likeness (QED) is 0.909. The van der Waals surface area contributed by atoms with E-state index in [1.54, 1.807) is 7.11 Å². The molecule has 25 heavy (non-hydrogen) atoms. The molecule has 0 spiro atoms. The van der Waals surface area contributed by atoms with E-state index >= 15 is 0 Å². The van der Waals surface area contributed by atoms with E-state index in [4.69, 9.17) is 9.47 Å². The molecular formula is C20H24N2O3. The van der Waals surface area contributed by atoms with Crippen LogP contribution in [0.3, 0.4) is 0 Å². The molecule has 0 bridgehead atoms. The number of amides is 1. The van der Waals surface area contributed by atoms with Crippen LogP contribution in [0.2, 0.25) is 0 Å². The van der Waals surface area contributed by atoms with Gasteiger partial charge in [-0.25, -0.2) is 0 Å². The number of hydrogen-bond donors (Lipinski definition) is 1. The van der Waals surface area contributed by atoms with E-state index < -0.39 is 0 Å². The fourth-order valence-electron chi connectivity index (χ4n) is 2.89. The maximum atomic E-state index is 12.4. The first-order chi connectivity index (χ1) is 12.2. The standard InChI is InChI=1S/C20H24N2O3/c1-15-3-6-17(22-9-11-25-12-10-22)14-19(15)21-20(23)13-16-4-7-18(24-2)8-5-16/h3-8,14H,9-13H2,1-2H3,(H,21,23). The van der Waals surface area contributed by atoms with Crippen LogP contribution in [-0.4, -0.2) is 39.3 Å². The maximum Gasteiger partial charge on any atom is 0.228 e. The largest absolute Gasteiger partial charge is 0.497 e. The van der Waals surface area contributed by atoms with Crippen molar-refractivity contribution in [1.82, 2.24) is 0 Å². The van der Waals surface area contributed by atoms with Gasteiger partial charge in [0.1, 0.15) is 5.75 Å². The van der Waals surface area contributed by atoms with Crippen LogP contribution in [-0.2, 0) is 16.0 Å². The monoisotopic (exact) mass is 340 g/mol. The molecule has 0 radical (unpaired) electrons. The molecule has 5 nitrogen and oxygen atoms in total. The molecule has 0 aromatic heterocycles. The Bertz CT molecular complexity index is 722. The van der Waals surface area contributed by atoms with Gasteiger partial charge in [-0.05, 0) is 42.3 Å². The van der Waals surface area contributed by atoms with Crippen LogP contribution < -0.4 is 15.0 Å². The number of carbonyl (C=O) groups excluding carboxylic acids is 1. The van der Waals surface area contributed by atoms with E-state index in [1.165, 1.54) is 0 Å². The van der Waals surface area contributed by atoms with Gasteiger partial charge in [0.2, 0.25) is 5.91 Å². The van der Waals surface area contributed by atoms with E-state index in [0.717, 1.165) is 54.6 Å². The molecule has 132 valence electrons. The van der Waals surface area contributed by atoms with Crippen LogP contribution in [0.25, 0.3) is 0 Å². The number of benzene rings is 2. The van der Waals surface area contributed by atoms with Crippen molar-refractivity contribution in [2.75, 3.05) is 43.6 Å². The Labute approximate surface area is 148 Å². The predicted molar refractivity (Wildman–Crippen MR) is 99.5 cm³/mol. The smallest absolute Gasteiger partial charge is 0.228 e. The fraction of sp³-hybridized carbons (Fsp3) is 0.350. The van der Waals surface area contributed by atoms with Gasteiger partial charge in [-0.15, -0.1) is 0 Å². The van der Waals surface area contributed by atoms with Gasteiger partial charge < -0.3 is 19.7 Å². The molecule has 1 aliphatic heterocycles. The highest BCUT2D eigenvalue weighted by Gasteiger charge is 2.13. The van der Waals surface area contributed by atoms with Gasteiger partial charge in [0.05, 0.1) is 26.7 Å². The molecule has 3 rings (SSSR count). The summed E-state index contributed by atoms with van der Waals surface area (Å²) in [7, 11) is 1.63. The minimum absolute atomic E-state index is 0.0209. The first-order valence-corrected chi connectivity index (χ1v) is 8.52. The van der Waals surface area contributed by atoms with Gasteiger partial charge in [-0.2, -0.15) is 0 Å². The van der Waals surface area contributed by atoms with E-state index in [2.05, 4.69) is 16.3 Å². The second kappa shape index (κ2) is 8.03. The summed E-state index contributed by atoms with van der Waals surface area (Å²) < 4.78 is 10.5. The average molecular weight is 340 g/mol. The number of aryl methyl sites for hydroxylation is 1. The third kappa shape index (κ3) is 4.51. The Morgan fingerprint density at radius 2 is 1.88 bits per heavy atom. The van der Waals surface area contributed by atoms with E-state index in [0.29, 0.717) is 6.42 Å². The second-order valence-corrected chi connectivity index (χ2v) is 6.17. The number of hydrogen-bond acceptors (Lipinski definition) is 4. The van der Waals surface area contributed by atoms with Crippen molar-refractivity contribution >= 4 is 17.3 Å². The van der Waals surface area contributed by atoms with Gasteiger partial charge in [-0.1, -0.05) is 18.2 Å². The van der Waals surface area contributed by atoms with Crippen LogP contribution in [0.5, 0.6) is 5.75 Å². The van der Waals surface area contributed by atoms with E-state index in [-0.39, 0.29) is 5.91 Å². The summed E-state index contributed by atoms with van der Waals surface area (Å²) in [5.74, 6) is 0.769. The van der Waals surface area contributed by atoms with Crippen molar-refractivity contribution in [3.05, 3.63) is 53.6 Å². The zero-order chi connectivity index (χ0) is 17.6. The van der Waals surface area contributed by atoms with Crippen LogP contribution in [0.15, 0.2) is 42.5 Å². The first-order valence-electron chi connectivity index (χ1n) is 8.52. The molecule has 1 N–H and O–H groups in total. The fourth-order valence-corrected chi connectivity index (χ4v) is 2.89. The highest BCUT2D eigenvalue weighted by Crippen LogP contribution is 2.24. The van der Waals surface area contributed by atoms with Crippen molar-refractivity contribution in [2.24, 2.45) is 0 Å². The molecule has 0 unspecified atom stereocenters. The Hall–Kier alpha value is -2.53. The molecule has 5 heteroatoms. The molecule has 1 saturated heterocycles. The van der Waals surface area contributed by atoms with Gasteiger partial charge in [0.15, 0.2) is 0 Å². The summed E-state index contributed by atoms with van der Waals surface area (Å²) in [5, 5.41) is 3.04. The zero-order valence-corrected chi connectivity index (χ0v) is 14.7. The topological polar surface area (TPSA) is 50.8 Å². The van der Waals surface area contributed by atoms with Crippen molar-refractivity contribution in [3.8, 4) is 5.75 Å². The summed E-state index contributed by atoms with van der Waals surface area (Å²) in [4.78, 5) is 14.7. The number of methoxy groups -OCH3 is 1. The van der Waals surface area contributed by atoms with Crippen LogP contribution >= 0.6 is 0 Å². The number of anilines is 2. The third-order valence-corrected chi connectivity index (χ3v) is 4.40. The molecule has 2 aromatic carbocycles. The summed E-state index contributed by atoms with van der Waals surface area (Å²) in [6, 6.07) is 13.8. The molecule has 1 aliphatic rings. The maximum absolute atomic E-state index is 12.4. The summed E-state index contributed by atoms with van der Waals surface area (Å²) >= 11 is 0. The minimum atomic E-state index is -0.0209. The second-order valence-electron chi connectivity index (χ2n) is 6.17. The molecular weight excluding hydrogens is 316 g/mol. The van der Waals surface area contributed by atoms with Crippen molar-refractivity contribution < 1.29 is 14.3 Å². The Balaban J connectivity index is 1.67. The highest BCUT2D eigenvalue weighted by molar-refractivity contribution is 5.93. The molecule has 0 atom stereocenters. The third-order valence-electron chi connectivity index (χ3n) is 4.40. The first kappa shape index (κ1) is 17.3. The predicted octanol–water partition coefficient (Wildman–Crippen LogP) is 3.02. The molecule has 1 fully saturated rings. The number of nitrogens with zero attached hydrogens (tertiary/aromatic N) is 1. The number of morpholine rings is 1. The molecule has 2 aromatic rings. The van der Waals surface area contributed by atoms with Gasteiger partial charge in [0, 0.05) is 24.5 Å². The Kier molecular flexibility index (Phi) is 5.56. The molecule has 1 heterocycles. The van der Waals surface area contributed by atoms with Gasteiger partial charge in [-0.3, -0.25) is 4.79 Å². The van der Waals surface area contributed by atoms with Crippen molar-refractivity contribution in [2.45, 2.75) is 13.3 Å². The Morgan fingerprint density at radius 1 is 1.16 bits per heavy atom. The van der Waals surface area contributed by atoms with Crippen LogP contribution in [0.4, 0.5) is 11.4 Å². The zero-order valence-electron chi connectivity index (χ0n) is 14.7. The van der Waals surface area contributed by atoms with E-state index in [9.17, 15) is 4.79 Å². The van der Waals surface area contributed by atoms with Crippen molar-refractivity contribution in [3.63, 3.8) is 0 Å². The summed E-state index contributed by atoms with van der Waals surface area (Å²) in [5.41, 5.74) is 4.00. The number of ether oxygens (including phenoxy) is 2. The van der Waals surface area contributed by atoms with Crippen molar-refractivity contribution in [1.29, 1.82) is 0 Å². The molecule has 1 amide bonds. The SMILES string of the molecule is COc1ccc(CC(=O)Nc2cc(N3CCOCC3)ccc2C)cc1. The highest BCUT2D eigenvalue weighted by atomic mass is 16.5. The molecule has 0 saturated carbocycles. The summed E-state index contributed by atoms with van der Waals surface area (Å²) in [6.07, 6.45) is 0.339. The lowest BCUT2D eigenvalue weighted by Crippen LogP contribution is -2.36. The van der Waals surface area contributed by atoms with Gasteiger partial charge >= 0.3 is 0 Å². The van der Waals surface area contributed by atoms with Crippen LogP contribution in [0.1, 0.15) is 11.1 Å². The lowest BCUT2D eigenvalue weighted by molar-refractivity contribution is -0.115. The number of nitrogens with one attached hydrogen (secondary N) is 1. The average Bonchev–Trinajstić information content (AvgIpc) is 2.65.